The number of aryl methyl sites for hydroxylation is 1. The van der Waals surface area contributed by atoms with Gasteiger partial charge in [0.2, 0.25) is 12.7 Å². The van der Waals surface area contributed by atoms with Crippen LogP contribution >= 0.6 is 0 Å². The van der Waals surface area contributed by atoms with Gasteiger partial charge in [0, 0.05) is 13.0 Å². The summed E-state index contributed by atoms with van der Waals surface area (Å²) in [6, 6.07) is 5.57. The molecule has 0 fully saturated rings. The van der Waals surface area contributed by atoms with Crippen molar-refractivity contribution in [2.24, 2.45) is 5.41 Å². The number of carboxylic acid groups (broad SMARTS) is 1. The molecule has 1 amide bonds. The van der Waals surface area contributed by atoms with E-state index < -0.39 is 11.4 Å². The van der Waals surface area contributed by atoms with Crippen LogP contribution in [0.5, 0.6) is 11.5 Å². The van der Waals surface area contributed by atoms with E-state index in [1.54, 1.807) is 13.8 Å². The molecule has 114 valence electrons. The van der Waals surface area contributed by atoms with Crippen LogP contribution in [-0.4, -0.2) is 30.3 Å². The minimum Gasteiger partial charge on any atom is -0.481 e. The number of hydrogen-bond acceptors (Lipinski definition) is 4. The molecule has 1 aliphatic heterocycles. The Morgan fingerprint density at radius 3 is 2.71 bits per heavy atom. The first-order valence-corrected chi connectivity index (χ1v) is 6.77. The van der Waals surface area contributed by atoms with Crippen molar-refractivity contribution in [2.75, 3.05) is 13.3 Å². The van der Waals surface area contributed by atoms with Gasteiger partial charge in [-0.15, -0.1) is 0 Å². The molecule has 2 N–H and O–H groups in total. The quantitative estimate of drug-likeness (QED) is 0.831. The molecule has 21 heavy (non-hydrogen) atoms. The number of rotatable bonds is 6. The van der Waals surface area contributed by atoms with Gasteiger partial charge in [0.25, 0.3) is 0 Å². The summed E-state index contributed by atoms with van der Waals surface area (Å²) in [6.07, 6.45) is 0.866. The maximum Gasteiger partial charge on any atom is 0.310 e. The van der Waals surface area contributed by atoms with E-state index in [0.717, 1.165) is 5.56 Å². The molecule has 0 saturated carbocycles. The van der Waals surface area contributed by atoms with Crippen LogP contribution in [0.1, 0.15) is 25.8 Å². The van der Waals surface area contributed by atoms with E-state index in [1.165, 1.54) is 0 Å². The number of aliphatic carboxylic acids is 1. The average Bonchev–Trinajstić information content (AvgIpc) is 2.90. The topological polar surface area (TPSA) is 84.9 Å². The largest absolute Gasteiger partial charge is 0.481 e. The van der Waals surface area contributed by atoms with E-state index >= 15 is 0 Å². The highest BCUT2D eigenvalue weighted by atomic mass is 16.7. The summed E-state index contributed by atoms with van der Waals surface area (Å²) >= 11 is 0. The number of ether oxygens (including phenoxy) is 2. The first-order chi connectivity index (χ1) is 9.88. The van der Waals surface area contributed by atoms with Gasteiger partial charge in [0.1, 0.15) is 0 Å². The van der Waals surface area contributed by atoms with Crippen molar-refractivity contribution in [3.05, 3.63) is 23.8 Å². The standard InChI is InChI=1S/C15H19NO5/c1-15(2,14(18)19)8-16-13(17)6-4-10-3-5-11-12(7-10)21-9-20-11/h3,5,7H,4,6,8-9H2,1-2H3,(H,16,17)(H,18,19). The summed E-state index contributed by atoms with van der Waals surface area (Å²) in [6.45, 7) is 3.49. The summed E-state index contributed by atoms with van der Waals surface area (Å²) in [5, 5.41) is 11.6. The van der Waals surface area contributed by atoms with Gasteiger partial charge in [0.05, 0.1) is 5.41 Å². The molecule has 0 aliphatic carbocycles. The third kappa shape index (κ3) is 3.87. The lowest BCUT2D eigenvalue weighted by Gasteiger charge is -2.19. The lowest BCUT2D eigenvalue weighted by molar-refractivity contribution is -0.146. The number of carbonyl (C=O) groups excluding carboxylic acids is 1. The summed E-state index contributed by atoms with van der Waals surface area (Å²) in [5.74, 6) is 0.312. The van der Waals surface area contributed by atoms with Crippen molar-refractivity contribution < 1.29 is 24.2 Å². The third-order valence-electron chi connectivity index (χ3n) is 3.38. The number of nitrogens with one attached hydrogen (secondary N) is 1. The van der Waals surface area contributed by atoms with Crippen LogP contribution in [0.25, 0.3) is 0 Å². The van der Waals surface area contributed by atoms with Gasteiger partial charge in [-0.25, -0.2) is 0 Å². The van der Waals surface area contributed by atoms with Crippen molar-refractivity contribution in [1.82, 2.24) is 5.32 Å². The second kappa shape index (κ2) is 6.03. The van der Waals surface area contributed by atoms with Crippen LogP contribution in [0.4, 0.5) is 0 Å². The summed E-state index contributed by atoms with van der Waals surface area (Å²) < 4.78 is 10.5. The Morgan fingerprint density at radius 2 is 2.00 bits per heavy atom. The summed E-state index contributed by atoms with van der Waals surface area (Å²) in [5.41, 5.74) is 0.0147. The zero-order valence-electron chi connectivity index (χ0n) is 12.1. The van der Waals surface area contributed by atoms with Crippen LogP contribution in [-0.2, 0) is 16.0 Å². The van der Waals surface area contributed by atoms with E-state index in [4.69, 9.17) is 14.6 Å². The Kier molecular flexibility index (Phi) is 4.35. The number of fused-ring (bicyclic) bond motifs is 1. The van der Waals surface area contributed by atoms with Gasteiger partial charge in [-0.2, -0.15) is 0 Å². The highest BCUT2D eigenvalue weighted by molar-refractivity contribution is 5.78. The van der Waals surface area contributed by atoms with Gasteiger partial charge in [-0.05, 0) is 38.0 Å². The van der Waals surface area contributed by atoms with Gasteiger partial charge < -0.3 is 19.9 Å². The van der Waals surface area contributed by atoms with Crippen molar-refractivity contribution >= 4 is 11.9 Å². The molecule has 1 aromatic rings. The molecule has 0 atom stereocenters. The molecule has 1 aromatic carbocycles. The predicted molar refractivity (Wildman–Crippen MR) is 75.3 cm³/mol. The second-order valence-corrected chi connectivity index (χ2v) is 5.65. The number of carbonyl (C=O) groups is 2. The van der Waals surface area contributed by atoms with Crippen molar-refractivity contribution in [3.8, 4) is 11.5 Å². The molecule has 1 aliphatic rings. The Bertz CT molecular complexity index is 553. The Hall–Kier alpha value is -2.24. The fourth-order valence-electron chi connectivity index (χ4n) is 1.84. The average molecular weight is 293 g/mol. The Labute approximate surface area is 123 Å². The van der Waals surface area contributed by atoms with E-state index in [0.29, 0.717) is 24.3 Å². The number of benzene rings is 1. The molecule has 0 aromatic heterocycles. The molecule has 0 unspecified atom stereocenters. The highest BCUT2D eigenvalue weighted by Gasteiger charge is 2.27. The normalized spacial score (nSPS) is 13.0. The van der Waals surface area contributed by atoms with E-state index in [2.05, 4.69) is 5.32 Å². The van der Waals surface area contributed by atoms with Gasteiger partial charge >= 0.3 is 5.97 Å². The lowest BCUT2D eigenvalue weighted by atomic mass is 9.94. The first-order valence-electron chi connectivity index (χ1n) is 6.77. The molecule has 6 heteroatoms. The maximum absolute atomic E-state index is 11.8. The summed E-state index contributed by atoms with van der Waals surface area (Å²) in [4.78, 5) is 22.7. The maximum atomic E-state index is 11.8. The van der Waals surface area contributed by atoms with Crippen molar-refractivity contribution in [2.45, 2.75) is 26.7 Å². The number of hydrogen-bond donors (Lipinski definition) is 2. The van der Waals surface area contributed by atoms with E-state index in [9.17, 15) is 9.59 Å². The van der Waals surface area contributed by atoms with Crippen LogP contribution in [0, 0.1) is 5.41 Å². The summed E-state index contributed by atoms with van der Waals surface area (Å²) in [7, 11) is 0. The zero-order valence-corrected chi connectivity index (χ0v) is 12.1. The fraction of sp³-hybridized carbons (Fsp3) is 0.467. The molecule has 2 rings (SSSR count). The lowest BCUT2D eigenvalue weighted by Crippen LogP contribution is -2.38. The van der Waals surface area contributed by atoms with Gasteiger partial charge in [-0.3, -0.25) is 9.59 Å². The molecule has 0 spiro atoms. The minimum absolute atomic E-state index is 0.113. The molecule has 6 nitrogen and oxygen atoms in total. The van der Waals surface area contributed by atoms with Crippen molar-refractivity contribution in [1.29, 1.82) is 0 Å². The monoisotopic (exact) mass is 293 g/mol. The predicted octanol–water partition coefficient (Wildman–Crippen LogP) is 1.57. The van der Waals surface area contributed by atoms with Gasteiger partial charge in [0.15, 0.2) is 11.5 Å². The van der Waals surface area contributed by atoms with Crippen LogP contribution in [0.3, 0.4) is 0 Å². The van der Waals surface area contributed by atoms with Crippen LogP contribution in [0.2, 0.25) is 0 Å². The SMILES string of the molecule is CC(C)(CNC(=O)CCc1ccc2c(c1)OCO2)C(=O)O. The highest BCUT2D eigenvalue weighted by Crippen LogP contribution is 2.32. The fourth-order valence-corrected chi connectivity index (χ4v) is 1.84. The van der Waals surface area contributed by atoms with Gasteiger partial charge in [-0.1, -0.05) is 6.07 Å². The zero-order chi connectivity index (χ0) is 15.5. The van der Waals surface area contributed by atoms with Crippen LogP contribution < -0.4 is 14.8 Å². The second-order valence-electron chi connectivity index (χ2n) is 5.65. The molecule has 0 radical (unpaired) electrons. The molecular weight excluding hydrogens is 274 g/mol. The van der Waals surface area contributed by atoms with Crippen molar-refractivity contribution in [3.63, 3.8) is 0 Å². The van der Waals surface area contributed by atoms with E-state index in [-0.39, 0.29) is 19.2 Å². The molecule has 1 heterocycles. The Balaban J connectivity index is 1.80. The van der Waals surface area contributed by atoms with E-state index in [1.807, 2.05) is 18.2 Å². The smallest absolute Gasteiger partial charge is 0.310 e. The number of amides is 1. The molecule has 0 saturated heterocycles. The molecular formula is C15H19NO5. The number of carboxylic acids is 1. The molecule has 0 bridgehead atoms. The Morgan fingerprint density at radius 1 is 1.29 bits per heavy atom. The first kappa shape index (κ1) is 15.2. The minimum atomic E-state index is -0.964. The third-order valence-corrected chi connectivity index (χ3v) is 3.38. The van der Waals surface area contributed by atoms with Crippen LogP contribution in [0.15, 0.2) is 18.2 Å².